The smallest absolute Gasteiger partial charge is 0.240 e. The van der Waals surface area contributed by atoms with Gasteiger partial charge in [-0.1, -0.05) is 15.9 Å². The third kappa shape index (κ3) is 4.75. The van der Waals surface area contributed by atoms with Gasteiger partial charge < -0.3 is 5.11 Å². The molecule has 1 aromatic carbocycles. The standard InChI is InChI=1S/C11H16BrNO3S/c1-9(3-2-8-14)13-17(15,16)11-6-4-10(12)5-7-11/h4-7,9,13-14H,2-3,8H2,1H3. The van der Waals surface area contributed by atoms with E-state index in [1.807, 2.05) is 0 Å². The Morgan fingerprint density at radius 2 is 1.94 bits per heavy atom. The zero-order valence-corrected chi connectivity index (χ0v) is 12.0. The molecular formula is C11H16BrNO3S. The van der Waals surface area contributed by atoms with Crippen LogP contribution in [0, 0.1) is 0 Å². The van der Waals surface area contributed by atoms with E-state index in [4.69, 9.17) is 5.11 Å². The van der Waals surface area contributed by atoms with Crippen molar-refractivity contribution in [3.63, 3.8) is 0 Å². The van der Waals surface area contributed by atoms with Gasteiger partial charge in [0, 0.05) is 17.1 Å². The molecule has 1 aromatic rings. The molecule has 1 rings (SSSR count). The van der Waals surface area contributed by atoms with Crippen LogP contribution in [0.1, 0.15) is 19.8 Å². The number of hydrogen-bond donors (Lipinski definition) is 2. The van der Waals surface area contributed by atoms with Crippen molar-refractivity contribution in [1.29, 1.82) is 0 Å². The summed E-state index contributed by atoms with van der Waals surface area (Å²) in [5.41, 5.74) is 0. The second-order valence-electron chi connectivity index (χ2n) is 3.84. The highest BCUT2D eigenvalue weighted by Crippen LogP contribution is 2.15. The molecule has 0 aromatic heterocycles. The maximum absolute atomic E-state index is 11.9. The van der Waals surface area contributed by atoms with Crippen LogP contribution in [0.25, 0.3) is 0 Å². The van der Waals surface area contributed by atoms with Gasteiger partial charge >= 0.3 is 0 Å². The molecular weight excluding hydrogens is 306 g/mol. The Morgan fingerprint density at radius 1 is 1.35 bits per heavy atom. The SMILES string of the molecule is CC(CCCO)NS(=O)(=O)c1ccc(Br)cc1. The zero-order valence-electron chi connectivity index (χ0n) is 9.56. The minimum Gasteiger partial charge on any atom is -0.396 e. The minimum atomic E-state index is -3.46. The Labute approximate surface area is 110 Å². The van der Waals surface area contributed by atoms with Crippen molar-refractivity contribution in [2.24, 2.45) is 0 Å². The summed E-state index contributed by atoms with van der Waals surface area (Å²) in [7, 11) is -3.46. The lowest BCUT2D eigenvalue weighted by atomic mass is 10.2. The molecule has 0 spiro atoms. The number of aliphatic hydroxyl groups is 1. The van der Waals surface area contributed by atoms with Crippen molar-refractivity contribution in [2.75, 3.05) is 6.61 Å². The number of halogens is 1. The highest BCUT2D eigenvalue weighted by Gasteiger charge is 2.16. The zero-order chi connectivity index (χ0) is 12.9. The molecule has 0 saturated carbocycles. The lowest BCUT2D eigenvalue weighted by Gasteiger charge is -2.13. The van der Waals surface area contributed by atoms with Gasteiger partial charge in [0.1, 0.15) is 0 Å². The first-order chi connectivity index (χ1) is 7.95. The van der Waals surface area contributed by atoms with Gasteiger partial charge in [-0.2, -0.15) is 0 Å². The molecule has 0 bridgehead atoms. The molecule has 0 aliphatic carbocycles. The van der Waals surface area contributed by atoms with Gasteiger partial charge in [0.05, 0.1) is 4.90 Å². The van der Waals surface area contributed by atoms with Crippen LogP contribution in [-0.4, -0.2) is 26.2 Å². The molecule has 2 N–H and O–H groups in total. The molecule has 1 unspecified atom stereocenters. The molecule has 0 amide bonds. The number of hydrogen-bond acceptors (Lipinski definition) is 3. The van der Waals surface area contributed by atoms with Crippen LogP contribution in [0.2, 0.25) is 0 Å². The minimum absolute atomic E-state index is 0.0738. The summed E-state index contributed by atoms with van der Waals surface area (Å²) >= 11 is 3.25. The number of rotatable bonds is 6. The molecule has 0 saturated heterocycles. The quantitative estimate of drug-likeness (QED) is 0.840. The van der Waals surface area contributed by atoms with E-state index in [0.717, 1.165) is 4.47 Å². The maximum Gasteiger partial charge on any atom is 0.240 e. The maximum atomic E-state index is 11.9. The third-order valence-electron chi connectivity index (χ3n) is 2.28. The van der Waals surface area contributed by atoms with Crippen molar-refractivity contribution in [1.82, 2.24) is 4.72 Å². The van der Waals surface area contributed by atoms with Gasteiger partial charge in [-0.05, 0) is 44.0 Å². The molecule has 0 aliphatic rings. The molecule has 0 fully saturated rings. The number of nitrogens with one attached hydrogen (secondary N) is 1. The Bertz CT molecular complexity index is 444. The van der Waals surface area contributed by atoms with E-state index in [-0.39, 0.29) is 17.5 Å². The van der Waals surface area contributed by atoms with Gasteiger partial charge in [-0.25, -0.2) is 13.1 Å². The first-order valence-corrected chi connectivity index (χ1v) is 7.62. The fraction of sp³-hybridized carbons (Fsp3) is 0.455. The van der Waals surface area contributed by atoms with E-state index in [2.05, 4.69) is 20.7 Å². The fourth-order valence-electron chi connectivity index (χ4n) is 1.40. The fourth-order valence-corrected chi connectivity index (χ4v) is 2.95. The molecule has 0 radical (unpaired) electrons. The molecule has 96 valence electrons. The van der Waals surface area contributed by atoms with Crippen LogP contribution in [-0.2, 0) is 10.0 Å². The van der Waals surface area contributed by atoms with E-state index in [0.29, 0.717) is 12.8 Å². The predicted molar refractivity (Wildman–Crippen MR) is 70.2 cm³/mol. The monoisotopic (exact) mass is 321 g/mol. The summed E-state index contributed by atoms with van der Waals surface area (Å²) < 4.78 is 27.3. The van der Waals surface area contributed by atoms with Gasteiger partial charge in [0.25, 0.3) is 0 Å². The van der Waals surface area contributed by atoms with Crippen LogP contribution in [0.3, 0.4) is 0 Å². The summed E-state index contributed by atoms with van der Waals surface area (Å²) in [4.78, 5) is 0.247. The van der Waals surface area contributed by atoms with Crippen LogP contribution in [0.15, 0.2) is 33.6 Å². The van der Waals surface area contributed by atoms with Gasteiger partial charge in [-0.15, -0.1) is 0 Å². The van der Waals surface area contributed by atoms with Crippen LogP contribution in [0.4, 0.5) is 0 Å². The Morgan fingerprint density at radius 3 is 2.47 bits per heavy atom. The molecule has 0 aliphatic heterocycles. The van der Waals surface area contributed by atoms with Crippen molar-refractivity contribution < 1.29 is 13.5 Å². The average Bonchev–Trinajstić information content (AvgIpc) is 2.26. The molecule has 17 heavy (non-hydrogen) atoms. The van der Waals surface area contributed by atoms with Crippen LogP contribution in [0.5, 0.6) is 0 Å². The van der Waals surface area contributed by atoms with Crippen LogP contribution < -0.4 is 4.72 Å². The molecule has 6 heteroatoms. The average molecular weight is 322 g/mol. The van der Waals surface area contributed by atoms with Crippen molar-refractivity contribution in [3.05, 3.63) is 28.7 Å². The van der Waals surface area contributed by atoms with E-state index >= 15 is 0 Å². The largest absolute Gasteiger partial charge is 0.396 e. The second-order valence-corrected chi connectivity index (χ2v) is 6.47. The lowest BCUT2D eigenvalue weighted by molar-refractivity contribution is 0.279. The van der Waals surface area contributed by atoms with Crippen molar-refractivity contribution in [2.45, 2.75) is 30.7 Å². The summed E-state index contributed by atoms with van der Waals surface area (Å²) in [6, 6.07) is 6.28. The van der Waals surface area contributed by atoms with E-state index in [1.165, 1.54) is 0 Å². The highest BCUT2D eigenvalue weighted by molar-refractivity contribution is 9.10. The third-order valence-corrected chi connectivity index (χ3v) is 4.41. The highest BCUT2D eigenvalue weighted by atomic mass is 79.9. The Kier molecular flexibility index (Phi) is 5.58. The number of aliphatic hydroxyl groups excluding tert-OH is 1. The van der Waals surface area contributed by atoms with Gasteiger partial charge in [0.15, 0.2) is 0 Å². The molecule has 0 heterocycles. The molecule has 4 nitrogen and oxygen atoms in total. The predicted octanol–water partition coefficient (Wildman–Crippen LogP) is 1.89. The van der Waals surface area contributed by atoms with Gasteiger partial charge in [0.2, 0.25) is 10.0 Å². The summed E-state index contributed by atoms with van der Waals surface area (Å²) in [6.45, 7) is 1.86. The summed E-state index contributed by atoms with van der Waals surface area (Å²) in [5, 5.41) is 8.68. The van der Waals surface area contributed by atoms with E-state index < -0.39 is 10.0 Å². The Hall–Kier alpha value is -0.430. The normalized spacial score (nSPS) is 13.6. The first kappa shape index (κ1) is 14.6. The van der Waals surface area contributed by atoms with Crippen molar-refractivity contribution in [3.8, 4) is 0 Å². The molecule has 1 atom stereocenters. The Balaban J connectivity index is 2.71. The van der Waals surface area contributed by atoms with Crippen molar-refractivity contribution >= 4 is 26.0 Å². The van der Waals surface area contributed by atoms with E-state index in [9.17, 15) is 8.42 Å². The number of benzene rings is 1. The topological polar surface area (TPSA) is 66.4 Å². The summed E-state index contributed by atoms with van der Waals surface area (Å²) in [6.07, 6.45) is 1.20. The lowest BCUT2D eigenvalue weighted by Crippen LogP contribution is -2.32. The summed E-state index contributed by atoms with van der Waals surface area (Å²) in [5.74, 6) is 0. The first-order valence-electron chi connectivity index (χ1n) is 5.34. The van der Waals surface area contributed by atoms with E-state index in [1.54, 1.807) is 31.2 Å². The van der Waals surface area contributed by atoms with Crippen LogP contribution >= 0.6 is 15.9 Å². The second kappa shape index (κ2) is 6.49. The number of sulfonamides is 1. The van der Waals surface area contributed by atoms with Gasteiger partial charge in [-0.3, -0.25) is 0 Å².